The van der Waals surface area contributed by atoms with Crippen LogP contribution in [-0.2, 0) is 14.8 Å². The molecule has 0 aromatic heterocycles. The second-order valence-corrected chi connectivity index (χ2v) is 9.51. The molecule has 1 fully saturated rings. The fraction of sp³-hybridized carbons (Fsp3) is 0.938. The average molecular weight is 417 g/mol. The molecule has 27 heavy (non-hydrogen) atoms. The van der Waals surface area contributed by atoms with E-state index in [4.69, 9.17) is 4.74 Å². The van der Waals surface area contributed by atoms with Gasteiger partial charge in [0, 0.05) is 32.8 Å². The normalized spacial score (nSPS) is 19.8. The van der Waals surface area contributed by atoms with Crippen molar-refractivity contribution in [1.82, 2.24) is 14.9 Å². The lowest BCUT2D eigenvalue weighted by Gasteiger charge is -2.33. The fourth-order valence-corrected chi connectivity index (χ4v) is 3.76. The third-order valence-electron chi connectivity index (χ3n) is 4.44. The largest absolute Gasteiger partial charge is 0.511 e. The monoisotopic (exact) mass is 416 g/mol. The van der Waals surface area contributed by atoms with Crippen LogP contribution in [0.1, 0.15) is 40.5 Å². The van der Waals surface area contributed by atoms with Crippen LogP contribution in [0.5, 0.6) is 0 Å². The van der Waals surface area contributed by atoms with Gasteiger partial charge in [0.15, 0.2) is 5.96 Å². The molecule has 160 valence electrons. The van der Waals surface area contributed by atoms with Gasteiger partial charge in [-0.2, -0.15) is 17.5 Å². The Morgan fingerprint density at radius 3 is 2.22 bits per heavy atom. The molecule has 1 aliphatic heterocycles. The van der Waals surface area contributed by atoms with Crippen molar-refractivity contribution in [2.24, 2.45) is 10.4 Å². The maximum absolute atomic E-state index is 12.6. The van der Waals surface area contributed by atoms with Crippen molar-refractivity contribution < 1.29 is 26.3 Å². The number of aliphatic imine (C=N–C) groups is 1. The van der Waals surface area contributed by atoms with Crippen LogP contribution in [0.3, 0.4) is 0 Å². The highest BCUT2D eigenvalue weighted by molar-refractivity contribution is 7.90. The number of rotatable bonds is 6. The summed E-state index contributed by atoms with van der Waals surface area (Å²) in [6.07, 6.45) is 0.450. The Morgan fingerprint density at radius 1 is 1.26 bits per heavy atom. The standard InChI is InChI=1S/C16H31F3N4O3S/c1-6-20-14(21-11-13(26-5)15(2,3)4)22-12-7-9-23(10-8-12)27(24,25)16(17,18)19/h12-13H,6-11H2,1-5H3,(H2,20,21,22). The van der Waals surface area contributed by atoms with Crippen molar-refractivity contribution >= 4 is 16.0 Å². The minimum Gasteiger partial charge on any atom is -0.379 e. The van der Waals surface area contributed by atoms with Gasteiger partial charge in [0.05, 0.1) is 12.6 Å². The van der Waals surface area contributed by atoms with Crippen molar-refractivity contribution in [2.45, 2.75) is 58.2 Å². The number of ether oxygens (including phenoxy) is 1. The molecule has 0 bridgehead atoms. The molecule has 1 unspecified atom stereocenters. The lowest BCUT2D eigenvalue weighted by Crippen LogP contribution is -2.51. The van der Waals surface area contributed by atoms with E-state index in [0.29, 0.717) is 23.4 Å². The lowest BCUT2D eigenvalue weighted by molar-refractivity contribution is -0.0494. The second-order valence-electron chi connectivity index (χ2n) is 7.58. The zero-order valence-corrected chi connectivity index (χ0v) is 17.4. The highest BCUT2D eigenvalue weighted by Gasteiger charge is 2.50. The van der Waals surface area contributed by atoms with E-state index in [-0.39, 0.29) is 43.5 Å². The molecule has 0 aromatic carbocycles. The predicted octanol–water partition coefficient (Wildman–Crippen LogP) is 1.92. The first kappa shape index (κ1) is 24.0. The molecule has 0 aromatic rings. The van der Waals surface area contributed by atoms with E-state index in [1.807, 2.05) is 27.7 Å². The zero-order chi connectivity index (χ0) is 20.9. The van der Waals surface area contributed by atoms with E-state index in [0.717, 1.165) is 0 Å². The number of guanidine groups is 1. The maximum atomic E-state index is 12.6. The first-order valence-electron chi connectivity index (χ1n) is 8.97. The van der Waals surface area contributed by atoms with Gasteiger partial charge in [-0.15, -0.1) is 0 Å². The van der Waals surface area contributed by atoms with E-state index in [1.165, 1.54) is 0 Å². The Hall–Kier alpha value is -1.07. The SMILES string of the molecule is CCNC(=NCC(OC)C(C)(C)C)NC1CCN(S(=O)(=O)C(F)(F)F)CC1. The van der Waals surface area contributed by atoms with Gasteiger partial charge in [0.1, 0.15) is 0 Å². The summed E-state index contributed by atoms with van der Waals surface area (Å²) in [5, 5.41) is 6.28. The second kappa shape index (κ2) is 9.42. The molecule has 7 nitrogen and oxygen atoms in total. The molecule has 0 radical (unpaired) electrons. The summed E-state index contributed by atoms with van der Waals surface area (Å²) in [6.45, 7) is 8.75. The van der Waals surface area contributed by atoms with Crippen LogP contribution in [0.15, 0.2) is 4.99 Å². The van der Waals surface area contributed by atoms with Gasteiger partial charge in [-0.1, -0.05) is 20.8 Å². The van der Waals surface area contributed by atoms with E-state index in [1.54, 1.807) is 7.11 Å². The van der Waals surface area contributed by atoms with Crippen LogP contribution in [0, 0.1) is 5.41 Å². The quantitative estimate of drug-likeness (QED) is 0.511. The first-order valence-corrected chi connectivity index (χ1v) is 10.4. The molecule has 1 aliphatic rings. The number of hydrogen-bond acceptors (Lipinski definition) is 4. The van der Waals surface area contributed by atoms with Gasteiger partial charge in [0.25, 0.3) is 0 Å². The van der Waals surface area contributed by atoms with E-state index in [2.05, 4.69) is 15.6 Å². The van der Waals surface area contributed by atoms with Crippen LogP contribution in [0.4, 0.5) is 13.2 Å². The Bertz CT molecular complexity index is 595. The molecule has 0 spiro atoms. The molecule has 1 saturated heterocycles. The number of sulfonamides is 1. The molecule has 0 saturated carbocycles. The zero-order valence-electron chi connectivity index (χ0n) is 16.6. The maximum Gasteiger partial charge on any atom is 0.511 e. The number of hydrogen-bond donors (Lipinski definition) is 2. The molecule has 1 atom stereocenters. The van der Waals surface area contributed by atoms with Gasteiger partial charge in [-0.05, 0) is 25.2 Å². The number of nitrogens with one attached hydrogen (secondary N) is 2. The van der Waals surface area contributed by atoms with E-state index in [9.17, 15) is 21.6 Å². The summed E-state index contributed by atoms with van der Waals surface area (Å²) in [5.74, 6) is 0.543. The van der Waals surface area contributed by atoms with Crippen LogP contribution in [-0.4, -0.2) is 69.6 Å². The van der Waals surface area contributed by atoms with Crippen molar-refractivity contribution in [3.63, 3.8) is 0 Å². The Balaban J connectivity index is 2.69. The third kappa shape index (κ3) is 6.79. The highest BCUT2D eigenvalue weighted by Crippen LogP contribution is 2.29. The molecule has 0 amide bonds. The van der Waals surface area contributed by atoms with Crippen LogP contribution < -0.4 is 10.6 Å². The van der Waals surface area contributed by atoms with Gasteiger partial charge < -0.3 is 15.4 Å². The van der Waals surface area contributed by atoms with Crippen molar-refractivity contribution in [3.05, 3.63) is 0 Å². The fourth-order valence-electron chi connectivity index (χ4n) is 2.78. The van der Waals surface area contributed by atoms with Crippen molar-refractivity contribution in [2.75, 3.05) is 33.3 Å². The third-order valence-corrected chi connectivity index (χ3v) is 6.07. The number of alkyl halides is 3. The molecule has 11 heteroatoms. The number of piperidine rings is 1. The summed E-state index contributed by atoms with van der Waals surface area (Å²) in [5.41, 5.74) is -5.35. The number of methoxy groups -OCH3 is 1. The van der Waals surface area contributed by atoms with Gasteiger partial charge >= 0.3 is 15.5 Å². The van der Waals surface area contributed by atoms with Gasteiger partial charge in [0.2, 0.25) is 0 Å². The van der Waals surface area contributed by atoms with Gasteiger partial charge in [-0.25, -0.2) is 8.42 Å². The Kier molecular flexibility index (Phi) is 8.36. The minimum absolute atomic E-state index is 0.0904. The topological polar surface area (TPSA) is 83.0 Å². The average Bonchev–Trinajstić information content (AvgIpc) is 2.53. The van der Waals surface area contributed by atoms with Gasteiger partial charge in [-0.3, -0.25) is 4.99 Å². The summed E-state index contributed by atoms with van der Waals surface area (Å²) >= 11 is 0. The van der Waals surface area contributed by atoms with Crippen LogP contribution in [0.2, 0.25) is 0 Å². The minimum atomic E-state index is -5.26. The highest BCUT2D eigenvalue weighted by atomic mass is 32.2. The smallest absolute Gasteiger partial charge is 0.379 e. The summed E-state index contributed by atoms with van der Waals surface area (Å²) in [6, 6.07) is -0.155. The lowest BCUT2D eigenvalue weighted by atomic mass is 9.89. The number of nitrogens with zero attached hydrogens (tertiary/aromatic N) is 2. The van der Waals surface area contributed by atoms with Crippen molar-refractivity contribution in [1.29, 1.82) is 0 Å². The first-order chi connectivity index (χ1) is 12.3. The molecule has 2 N–H and O–H groups in total. The predicted molar refractivity (Wildman–Crippen MR) is 98.9 cm³/mol. The summed E-state index contributed by atoms with van der Waals surface area (Å²) in [7, 11) is -3.63. The molecule has 1 rings (SSSR count). The van der Waals surface area contributed by atoms with E-state index >= 15 is 0 Å². The van der Waals surface area contributed by atoms with Crippen LogP contribution in [0.25, 0.3) is 0 Å². The Labute approximate surface area is 159 Å². The van der Waals surface area contributed by atoms with Crippen LogP contribution >= 0.6 is 0 Å². The van der Waals surface area contributed by atoms with E-state index < -0.39 is 15.5 Å². The van der Waals surface area contributed by atoms with Crippen molar-refractivity contribution in [3.8, 4) is 0 Å². The molecule has 1 heterocycles. The molecular weight excluding hydrogens is 385 g/mol. The summed E-state index contributed by atoms with van der Waals surface area (Å²) in [4.78, 5) is 4.51. The Morgan fingerprint density at radius 2 is 1.81 bits per heavy atom. The number of halogens is 3. The molecule has 0 aliphatic carbocycles. The molecular formula is C16H31F3N4O3S. The summed E-state index contributed by atoms with van der Waals surface area (Å²) < 4.78 is 66.9.